The average Bonchev–Trinajstić information content (AvgIpc) is 3.55. The molecule has 10 nitrogen and oxygen atoms in total. The van der Waals surface area contributed by atoms with Crippen molar-refractivity contribution in [2.24, 2.45) is 11.8 Å². The number of furan rings is 1. The summed E-state index contributed by atoms with van der Waals surface area (Å²) in [5.41, 5.74) is 0.977. The number of carbonyl (C=O) groups excluding carboxylic acids is 3. The molecule has 1 atom stereocenters. The molecule has 3 aromatic rings. The molecule has 1 aliphatic heterocycles. The number of ether oxygens (including phenoxy) is 1. The highest BCUT2D eigenvalue weighted by Gasteiger charge is 2.35. The third-order valence-corrected chi connectivity index (χ3v) is 7.33. The molecule has 0 bridgehead atoms. The van der Waals surface area contributed by atoms with Gasteiger partial charge in [0.05, 0.1) is 11.1 Å². The van der Waals surface area contributed by atoms with E-state index in [9.17, 15) is 14.4 Å². The van der Waals surface area contributed by atoms with E-state index in [0.29, 0.717) is 54.9 Å². The van der Waals surface area contributed by atoms with Crippen LogP contribution in [0.4, 0.5) is 11.5 Å². The van der Waals surface area contributed by atoms with E-state index in [0.717, 1.165) is 6.42 Å². The summed E-state index contributed by atoms with van der Waals surface area (Å²) in [5.74, 6) is -0.780. The standard InChI is InChI=1S/C26H28ClN5O5/c1-36-18-10-12-32(14-18)26(35)16-6-4-15(5-7-16)24(33)31-22-21-19(3-2-11-28-21)37-23(22)25(34)30-20-9-8-17(27)13-29-20/h2-3,8-9,11,13,15-16,18H,4-7,10,12,14H2,1H3,(H,31,33)(H,29,30,34). The summed E-state index contributed by atoms with van der Waals surface area (Å²) in [7, 11) is 1.67. The van der Waals surface area contributed by atoms with Gasteiger partial charge in [0.25, 0.3) is 5.91 Å². The van der Waals surface area contributed by atoms with E-state index in [4.69, 9.17) is 20.8 Å². The van der Waals surface area contributed by atoms with E-state index < -0.39 is 5.91 Å². The Morgan fingerprint density at radius 3 is 2.54 bits per heavy atom. The first-order valence-electron chi connectivity index (χ1n) is 12.4. The minimum atomic E-state index is -0.572. The van der Waals surface area contributed by atoms with Crippen molar-refractivity contribution in [3.63, 3.8) is 0 Å². The fraction of sp³-hybridized carbons (Fsp3) is 0.423. The second-order valence-electron chi connectivity index (χ2n) is 9.44. The van der Waals surface area contributed by atoms with Crippen LogP contribution in [0.5, 0.6) is 0 Å². The quantitative estimate of drug-likeness (QED) is 0.495. The number of fused-ring (bicyclic) bond motifs is 1. The van der Waals surface area contributed by atoms with Gasteiger partial charge in [0.15, 0.2) is 5.58 Å². The lowest BCUT2D eigenvalue weighted by Crippen LogP contribution is -2.38. The Balaban J connectivity index is 1.26. The highest BCUT2D eigenvalue weighted by molar-refractivity contribution is 6.30. The van der Waals surface area contributed by atoms with E-state index in [-0.39, 0.29) is 47.0 Å². The van der Waals surface area contributed by atoms with Crippen molar-refractivity contribution in [1.29, 1.82) is 0 Å². The molecule has 5 rings (SSSR count). The van der Waals surface area contributed by atoms with Gasteiger partial charge in [-0.15, -0.1) is 0 Å². The first kappa shape index (κ1) is 25.2. The number of hydrogen-bond donors (Lipinski definition) is 2. The number of amides is 3. The minimum absolute atomic E-state index is 0.0654. The van der Waals surface area contributed by atoms with Gasteiger partial charge in [0, 0.05) is 44.4 Å². The fourth-order valence-electron chi connectivity index (χ4n) is 5.03. The summed E-state index contributed by atoms with van der Waals surface area (Å²) in [4.78, 5) is 49.5. The van der Waals surface area contributed by atoms with Gasteiger partial charge >= 0.3 is 0 Å². The van der Waals surface area contributed by atoms with Crippen LogP contribution in [-0.4, -0.2) is 58.9 Å². The number of halogens is 1. The number of rotatable bonds is 6. The molecule has 2 fully saturated rings. The van der Waals surface area contributed by atoms with Crippen molar-refractivity contribution < 1.29 is 23.5 Å². The van der Waals surface area contributed by atoms with Gasteiger partial charge < -0.3 is 24.7 Å². The van der Waals surface area contributed by atoms with Gasteiger partial charge in [0.2, 0.25) is 17.6 Å². The van der Waals surface area contributed by atoms with Gasteiger partial charge in [-0.1, -0.05) is 11.6 Å². The van der Waals surface area contributed by atoms with E-state index in [1.165, 1.54) is 6.20 Å². The van der Waals surface area contributed by atoms with Crippen LogP contribution in [0, 0.1) is 11.8 Å². The van der Waals surface area contributed by atoms with Gasteiger partial charge in [-0.3, -0.25) is 19.4 Å². The van der Waals surface area contributed by atoms with Crippen LogP contribution in [0.1, 0.15) is 42.7 Å². The maximum absolute atomic E-state index is 13.2. The Bertz CT molecular complexity index is 1300. The zero-order chi connectivity index (χ0) is 25.9. The van der Waals surface area contributed by atoms with Crippen molar-refractivity contribution in [3.8, 4) is 0 Å². The fourth-order valence-corrected chi connectivity index (χ4v) is 5.15. The molecule has 3 amide bonds. The molecule has 1 saturated heterocycles. The van der Waals surface area contributed by atoms with Crippen molar-refractivity contribution >= 4 is 51.9 Å². The molecule has 1 unspecified atom stereocenters. The highest BCUT2D eigenvalue weighted by Crippen LogP contribution is 2.34. The van der Waals surface area contributed by atoms with Gasteiger partial charge in [-0.2, -0.15) is 0 Å². The van der Waals surface area contributed by atoms with Crippen molar-refractivity contribution in [1.82, 2.24) is 14.9 Å². The SMILES string of the molecule is COC1CCN(C(=O)C2CCC(C(=O)Nc3c(C(=O)Nc4ccc(Cl)cn4)oc4cccnc34)CC2)C1. The van der Waals surface area contributed by atoms with Crippen LogP contribution in [-0.2, 0) is 14.3 Å². The summed E-state index contributed by atoms with van der Waals surface area (Å²) < 4.78 is 11.1. The molecule has 37 heavy (non-hydrogen) atoms. The maximum Gasteiger partial charge on any atom is 0.294 e. The highest BCUT2D eigenvalue weighted by atomic mass is 35.5. The molecular formula is C26H28ClN5O5. The largest absolute Gasteiger partial charge is 0.447 e. The molecule has 3 aromatic heterocycles. The number of anilines is 2. The number of likely N-dealkylation sites (tertiary alicyclic amines) is 1. The minimum Gasteiger partial charge on any atom is -0.447 e. The predicted molar refractivity (Wildman–Crippen MR) is 137 cm³/mol. The lowest BCUT2D eigenvalue weighted by molar-refractivity contribution is -0.137. The molecule has 2 aliphatic rings. The lowest BCUT2D eigenvalue weighted by Gasteiger charge is -2.30. The number of methoxy groups -OCH3 is 1. The van der Waals surface area contributed by atoms with E-state index >= 15 is 0 Å². The molecule has 4 heterocycles. The van der Waals surface area contributed by atoms with Crippen LogP contribution in [0.3, 0.4) is 0 Å². The van der Waals surface area contributed by atoms with Crippen LogP contribution >= 0.6 is 11.6 Å². The first-order chi connectivity index (χ1) is 17.9. The van der Waals surface area contributed by atoms with Crippen molar-refractivity contribution in [2.75, 3.05) is 30.8 Å². The zero-order valence-corrected chi connectivity index (χ0v) is 21.2. The Hall–Kier alpha value is -3.50. The Labute approximate surface area is 218 Å². The van der Waals surface area contributed by atoms with Crippen LogP contribution in [0.2, 0.25) is 5.02 Å². The average molecular weight is 526 g/mol. The second kappa shape index (κ2) is 10.9. The van der Waals surface area contributed by atoms with Gasteiger partial charge in [0.1, 0.15) is 17.0 Å². The Kier molecular flexibility index (Phi) is 7.38. The summed E-state index contributed by atoms with van der Waals surface area (Å²) in [6.07, 6.45) is 6.41. The molecule has 1 saturated carbocycles. The van der Waals surface area contributed by atoms with E-state index in [2.05, 4.69) is 20.6 Å². The number of nitrogens with zero attached hydrogens (tertiary/aromatic N) is 3. The smallest absolute Gasteiger partial charge is 0.294 e. The van der Waals surface area contributed by atoms with Crippen molar-refractivity contribution in [2.45, 2.75) is 38.2 Å². The maximum atomic E-state index is 13.2. The second-order valence-corrected chi connectivity index (χ2v) is 9.88. The predicted octanol–water partition coefficient (Wildman–Crippen LogP) is 4.12. The number of aromatic nitrogens is 2. The monoisotopic (exact) mass is 525 g/mol. The van der Waals surface area contributed by atoms with E-state index in [1.54, 1.807) is 37.6 Å². The lowest BCUT2D eigenvalue weighted by atomic mass is 9.81. The number of carbonyl (C=O) groups is 3. The molecule has 194 valence electrons. The molecule has 1 aliphatic carbocycles. The summed E-state index contributed by atoms with van der Waals surface area (Å²) in [5, 5.41) is 5.98. The number of hydrogen-bond acceptors (Lipinski definition) is 7. The number of nitrogens with one attached hydrogen (secondary N) is 2. The molecule has 0 radical (unpaired) electrons. The molecule has 0 spiro atoms. The molecule has 2 N–H and O–H groups in total. The Morgan fingerprint density at radius 2 is 1.84 bits per heavy atom. The van der Waals surface area contributed by atoms with Gasteiger partial charge in [-0.05, 0) is 56.4 Å². The summed E-state index contributed by atoms with van der Waals surface area (Å²) in [6, 6.07) is 6.54. The van der Waals surface area contributed by atoms with Gasteiger partial charge in [-0.25, -0.2) is 4.98 Å². The first-order valence-corrected chi connectivity index (χ1v) is 12.7. The summed E-state index contributed by atoms with van der Waals surface area (Å²) in [6.45, 7) is 1.35. The number of pyridine rings is 2. The Morgan fingerprint density at radius 1 is 1.05 bits per heavy atom. The molecule has 0 aromatic carbocycles. The van der Waals surface area contributed by atoms with Crippen LogP contribution in [0.25, 0.3) is 11.1 Å². The topological polar surface area (TPSA) is 127 Å². The normalized spacial score (nSPS) is 21.7. The molecule has 11 heteroatoms. The van der Waals surface area contributed by atoms with Crippen LogP contribution in [0.15, 0.2) is 41.1 Å². The third-order valence-electron chi connectivity index (χ3n) is 7.11. The molecular weight excluding hydrogens is 498 g/mol. The van der Waals surface area contributed by atoms with Crippen molar-refractivity contribution in [3.05, 3.63) is 47.4 Å². The summed E-state index contributed by atoms with van der Waals surface area (Å²) >= 11 is 5.87. The zero-order valence-electron chi connectivity index (χ0n) is 20.4. The van der Waals surface area contributed by atoms with Crippen LogP contribution < -0.4 is 10.6 Å². The van der Waals surface area contributed by atoms with E-state index in [1.807, 2.05) is 4.90 Å². The third kappa shape index (κ3) is 5.45.